The van der Waals surface area contributed by atoms with Gasteiger partial charge in [0, 0.05) is 6.54 Å². The molecule has 0 spiro atoms. The number of rotatable bonds is 2. The molecule has 1 amide bonds. The molecule has 0 aliphatic rings. The molecule has 0 aliphatic carbocycles. The summed E-state index contributed by atoms with van der Waals surface area (Å²) in [7, 11) is 0. The summed E-state index contributed by atoms with van der Waals surface area (Å²) in [6.07, 6.45) is -3.66. The van der Waals surface area contributed by atoms with Gasteiger partial charge in [-0.1, -0.05) is 0 Å². The second kappa shape index (κ2) is 4.62. The molecule has 1 N–H and O–H groups in total. The van der Waals surface area contributed by atoms with Crippen molar-refractivity contribution in [3.63, 3.8) is 0 Å². The van der Waals surface area contributed by atoms with E-state index in [-0.39, 0.29) is 6.54 Å². The number of carbonyl (C=O) groups is 1. The highest BCUT2D eigenvalue weighted by Gasteiger charge is 2.42. The zero-order valence-electron chi connectivity index (χ0n) is 10.7. The molecule has 0 saturated carbocycles. The predicted octanol–water partition coefficient (Wildman–Crippen LogP) is 2.41. The number of alkyl halides is 3. The number of nitrogens with one attached hydrogen (secondary N) is 1. The highest BCUT2D eigenvalue weighted by molar-refractivity contribution is 5.95. The lowest BCUT2D eigenvalue weighted by molar-refractivity contribution is -0.146. The number of nitrogens with zero attached hydrogens (tertiary/aromatic N) is 2. The Kier molecular flexibility index (Phi) is 3.73. The first-order chi connectivity index (χ1) is 8.09. The van der Waals surface area contributed by atoms with Crippen LogP contribution < -0.4 is 5.32 Å². The van der Waals surface area contributed by atoms with E-state index in [4.69, 9.17) is 0 Å². The molecular weight excluding hydrogens is 247 g/mol. The van der Waals surface area contributed by atoms with Gasteiger partial charge in [0.2, 0.25) is 0 Å². The van der Waals surface area contributed by atoms with Crippen LogP contribution in [0.1, 0.15) is 43.7 Å². The molecule has 4 nitrogen and oxygen atoms in total. The van der Waals surface area contributed by atoms with E-state index in [0.29, 0.717) is 0 Å². The van der Waals surface area contributed by atoms with Crippen LogP contribution in [0.2, 0.25) is 0 Å². The Morgan fingerprint density at radius 1 is 1.39 bits per heavy atom. The largest absolute Gasteiger partial charge is 0.433 e. The maximum Gasteiger partial charge on any atom is 0.433 e. The van der Waals surface area contributed by atoms with Crippen molar-refractivity contribution in [3.05, 3.63) is 17.5 Å². The van der Waals surface area contributed by atoms with Crippen molar-refractivity contribution in [2.75, 3.05) is 6.54 Å². The van der Waals surface area contributed by atoms with Gasteiger partial charge in [-0.3, -0.25) is 9.48 Å². The minimum atomic E-state index is -4.62. The molecule has 0 radical (unpaired) electrons. The second-order valence-corrected chi connectivity index (χ2v) is 4.85. The lowest BCUT2D eigenvalue weighted by atomic mass is 10.1. The molecule has 1 rings (SSSR count). The molecule has 0 atom stereocenters. The number of carbonyl (C=O) groups excluding carboxylic acids is 1. The van der Waals surface area contributed by atoms with E-state index in [1.807, 2.05) is 0 Å². The van der Waals surface area contributed by atoms with Crippen LogP contribution in [-0.2, 0) is 11.7 Å². The molecule has 0 fully saturated rings. The van der Waals surface area contributed by atoms with Crippen LogP contribution in [0.5, 0.6) is 0 Å². The average Bonchev–Trinajstić information content (AvgIpc) is 2.60. The molecule has 7 heteroatoms. The Morgan fingerprint density at radius 3 is 2.33 bits per heavy atom. The van der Waals surface area contributed by atoms with Gasteiger partial charge in [-0.25, -0.2) is 0 Å². The normalized spacial score (nSPS) is 12.6. The highest BCUT2D eigenvalue weighted by Crippen LogP contribution is 2.34. The van der Waals surface area contributed by atoms with Crippen LogP contribution in [0.3, 0.4) is 0 Å². The minimum absolute atomic E-state index is 0.261. The molecule has 18 heavy (non-hydrogen) atoms. The van der Waals surface area contributed by atoms with Gasteiger partial charge >= 0.3 is 6.18 Å². The number of hydrogen-bond acceptors (Lipinski definition) is 2. The summed E-state index contributed by atoms with van der Waals surface area (Å²) in [5.74, 6) is -0.764. The molecular formula is C11H16F3N3O. The fourth-order valence-corrected chi connectivity index (χ4v) is 1.55. The van der Waals surface area contributed by atoms with E-state index in [1.165, 1.54) is 0 Å². The van der Waals surface area contributed by atoms with Crippen LogP contribution in [0, 0.1) is 0 Å². The van der Waals surface area contributed by atoms with Gasteiger partial charge in [-0.15, -0.1) is 0 Å². The van der Waals surface area contributed by atoms with Crippen molar-refractivity contribution in [2.24, 2.45) is 0 Å². The van der Waals surface area contributed by atoms with Crippen LogP contribution >= 0.6 is 0 Å². The fraction of sp³-hybridized carbons (Fsp3) is 0.636. The summed E-state index contributed by atoms with van der Waals surface area (Å²) in [4.78, 5) is 11.6. The lowest BCUT2D eigenvalue weighted by Crippen LogP contribution is -2.31. The Morgan fingerprint density at radius 2 is 1.94 bits per heavy atom. The van der Waals surface area contributed by atoms with E-state index in [9.17, 15) is 18.0 Å². The number of hydrogen-bond donors (Lipinski definition) is 1. The number of aromatic nitrogens is 2. The summed E-state index contributed by atoms with van der Waals surface area (Å²) in [5, 5.41) is 6.04. The van der Waals surface area contributed by atoms with Gasteiger partial charge in [0.1, 0.15) is 0 Å². The molecule has 0 bridgehead atoms. The third kappa shape index (κ3) is 2.83. The summed E-state index contributed by atoms with van der Waals surface area (Å²) in [6.45, 7) is 6.68. The summed E-state index contributed by atoms with van der Waals surface area (Å²) < 4.78 is 39.9. The van der Waals surface area contributed by atoms with Crippen LogP contribution in [0.15, 0.2) is 6.20 Å². The maximum atomic E-state index is 13.0. The molecule has 0 aromatic carbocycles. The van der Waals surface area contributed by atoms with E-state index in [0.717, 1.165) is 10.9 Å². The minimum Gasteiger partial charge on any atom is -0.352 e. The van der Waals surface area contributed by atoms with Crippen LogP contribution in [0.25, 0.3) is 0 Å². The first-order valence-electron chi connectivity index (χ1n) is 5.53. The van der Waals surface area contributed by atoms with Gasteiger partial charge in [-0.2, -0.15) is 18.3 Å². The zero-order valence-corrected chi connectivity index (χ0v) is 10.7. The fourth-order valence-electron chi connectivity index (χ4n) is 1.55. The van der Waals surface area contributed by atoms with Gasteiger partial charge in [0.05, 0.1) is 17.3 Å². The van der Waals surface area contributed by atoms with E-state index in [1.54, 1.807) is 27.7 Å². The van der Waals surface area contributed by atoms with Crippen LogP contribution in [0.4, 0.5) is 13.2 Å². The summed E-state index contributed by atoms with van der Waals surface area (Å²) in [5.41, 5.74) is -2.31. The predicted molar refractivity (Wildman–Crippen MR) is 60.2 cm³/mol. The van der Waals surface area contributed by atoms with Gasteiger partial charge in [-0.05, 0) is 27.7 Å². The van der Waals surface area contributed by atoms with E-state index in [2.05, 4.69) is 10.4 Å². The quantitative estimate of drug-likeness (QED) is 0.890. The first-order valence-corrected chi connectivity index (χ1v) is 5.53. The molecule has 0 saturated heterocycles. The third-order valence-electron chi connectivity index (χ3n) is 2.26. The third-order valence-corrected chi connectivity index (χ3v) is 2.26. The molecule has 1 aromatic heterocycles. The van der Waals surface area contributed by atoms with E-state index >= 15 is 0 Å². The molecule has 1 heterocycles. The molecule has 102 valence electrons. The maximum absolute atomic E-state index is 13.0. The SMILES string of the molecule is CCNC(=O)c1cnn(C(C)(C)C)c1C(F)(F)F. The monoisotopic (exact) mass is 263 g/mol. The smallest absolute Gasteiger partial charge is 0.352 e. The summed E-state index contributed by atoms with van der Waals surface area (Å²) >= 11 is 0. The standard InChI is InChI=1S/C11H16F3N3O/c1-5-15-9(18)7-6-16-17(10(2,3)4)8(7)11(12,13)14/h6H,5H2,1-4H3,(H,15,18). The van der Waals surface area contributed by atoms with Gasteiger partial charge in [0.25, 0.3) is 5.91 Å². The molecule has 0 unspecified atom stereocenters. The number of amides is 1. The van der Waals surface area contributed by atoms with Gasteiger partial charge < -0.3 is 5.32 Å². The topological polar surface area (TPSA) is 46.9 Å². The molecule has 0 aliphatic heterocycles. The number of halogens is 3. The zero-order chi connectivity index (χ0) is 14.1. The Hall–Kier alpha value is -1.53. The van der Waals surface area contributed by atoms with Crippen molar-refractivity contribution in [1.82, 2.24) is 15.1 Å². The Bertz CT molecular complexity index is 443. The summed E-state index contributed by atoms with van der Waals surface area (Å²) in [6, 6.07) is 0. The second-order valence-electron chi connectivity index (χ2n) is 4.85. The van der Waals surface area contributed by atoms with Gasteiger partial charge in [0.15, 0.2) is 5.69 Å². The van der Waals surface area contributed by atoms with Crippen molar-refractivity contribution in [1.29, 1.82) is 0 Å². The lowest BCUT2D eigenvalue weighted by Gasteiger charge is -2.23. The van der Waals surface area contributed by atoms with E-state index < -0.39 is 28.9 Å². The van der Waals surface area contributed by atoms with Crippen molar-refractivity contribution < 1.29 is 18.0 Å². The van der Waals surface area contributed by atoms with Crippen molar-refractivity contribution in [2.45, 2.75) is 39.4 Å². The van der Waals surface area contributed by atoms with Crippen molar-refractivity contribution >= 4 is 5.91 Å². The van der Waals surface area contributed by atoms with Crippen molar-refractivity contribution in [3.8, 4) is 0 Å². The molecule has 1 aromatic rings. The Labute approximate surface area is 103 Å². The Balaban J connectivity index is 3.39. The van der Waals surface area contributed by atoms with Crippen LogP contribution in [-0.4, -0.2) is 22.2 Å². The average molecular weight is 263 g/mol. The highest BCUT2D eigenvalue weighted by atomic mass is 19.4. The first kappa shape index (κ1) is 14.5.